The molecule has 0 radical (unpaired) electrons. The molecule has 1 aromatic heterocycles. The highest BCUT2D eigenvalue weighted by molar-refractivity contribution is 9.10. The predicted octanol–water partition coefficient (Wildman–Crippen LogP) is 3.19. The van der Waals surface area contributed by atoms with Crippen LogP contribution in [0.4, 0.5) is 0 Å². The van der Waals surface area contributed by atoms with Crippen molar-refractivity contribution in [2.75, 3.05) is 0 Å². The van der Waals surface area contributed by atoms with Crippen LogP contribution in [-0.4, -0.2) is 20.6 Å². The summed E-state index contributed by atoms with van der Waals surface area (Å²) in [6, 6.07) is 5.12. The molecule has 3 rings (SSSR count). The molecule has 0 atom stereocenters. The van der Waals surface area contributed by atoms with Crippen molar-refractivity contribution in [2.45, 2.75) is 28.8 Å². The number of benzene rings is 1. The van der Waals surface area contributed by atoms with Gasteiger partial charge in [0, 0.05) is 27.8 Å². The molecule has 0 unspecified atom stereocenters. The average molecular weight is 367 g/mol. The van der Waals surface area contributed by atoms with E-state index in [1.807, 2.05) is 0 Å². The van der Waals surface area contributed by atoms with Crippen LogP contribution in [-0.2, 0) is 0 Å². The highest BCUT2D eigenvalue weighted by atomic mass is 79.9. The number of hydrogen-bond acceptors (Lipinski definition) is 4. The summed E-state index contributed by atoms with van der Waals surface area (Å²) in [4.78, 5) is 28.2. The van der Waals surface area contributed by atoms with Crippen LogP contribution in [0, 0.1) is 0 Å². The maximum Gasteiger partial charge on any atom is 0.336 e. The molecule has 1 N–H and O–H groups in total. The van der Waals surface area contributed by atoms with E-state index in [2.05, 4.69) is 20.9 Å². The summed E-state index contributed by atoms with van der Waals surface area (Å²) >= 11 is 4.40. The minimum Gasteiger partial charge on any atom is -0.478 e. The number of aromatic carboxylic acids is 1. The zero-order valence-corrected chi connectivity index (χ0v) is 13.2. The molecule has 0 spiro atoms. The van der Waals surface area contributed by atoms with Crippen molar-refractivity contribution >= 4 is 33.7 Å². The fourth-order valence-electron chi connectivity index (χ4n) is 1.98. The molecule has 5 nitrogen and oxygen atoms in total. The molecular weight excluding hydrogens is 356 g/mol. The zero-order chi connectivity index (χ0) is 15.0. The van der Waals surface area contributed by atoms with Gasteiger partial charge in [-0.05, 0) is 31.0 Å². The second kappa shape index (κ2) is 5.65. The van der Waals surface area contributed by atoms with Gasteiger partial charge >= 0.3 is 5.97 Å². The maximum atomic E-state index is 12.3. The van der Waals surface area contributed by atoms with E-state index in [0.29, 0.717) is 9.92 Å². The lowest BCUT2D eigenvalue weighted by molar-refractivity contribution is 0.0693. The number of carbonyl (C=O) groups is 1. The SMILES string of the molecule is O=C(O)c1ccc(Br)cc1Sc1nccn(C2CC2)c1=O. The zero-order valence-electron chi connectivity index (χ0n) is 10.8. The molecule has 0 bridgehead atoms. The van der Waals surface area contributed by atoms with Crippen LogP contribution in [0.15, 0.2) is 49.8 Å². The Kier molecular flexibility index (Phi) is 3.86. The second-order valence-corrected chi connectivity index (χ2v) is 6.67. The van der Waals surface area contributed by atoms with E-state index in [1.54, 1.807) is 29.1 Å². The lowest BCUT2D eigenvalue weighted by atomic mass is 10.2. The monoisotopic (exact) mass is 366 g/mol. The molecule has 1 aliphatic rings. The van der Waals surface area contributed by atoms with E-state index in [1.165, 1.54) is 6.07 Å². The molecule has 21 heavy (non-hydrogen) atoms. The maximum absolute atomic E-state index is 12.3. The van der Waals surface area contributed by atoms with Gasteiger partial charge in [0.05, 0.1) is 5.56 Å². The van der Waals surface area contributed by atoms with E-state index < -0.39 is 5.97 Å². The van der Waals surface area contributed by atoms with Crippen molar-refractivity contribution in [2.24, 2.45) is 0 Å². The number of hydrogen-bond donors (Lipinski definition) is 1. The topological polar surface area (TPSA) is 72.2 Å². The normalized spacial score (nSPS) is 14.1. The van der Waals surface area contributed by atoms with Crippen LogP contribution >= 0.6 is 27.7 Å². The van der Waals surface area contributed by atoms with Gasteiger partial charge in [-0.1, -0.05) is 27.7 Å². The smallest absolute Gasteiger partial charge is 0.336 e. The fraction of sp³-hybridized carbons (Fsp3) is 0.214. The Labute approximate surface area is 133 Å². The summed E-state index contributed by atoms with van der Waals surface area (Å²) in [6.07, 6.45) is 5.28. The summed E-state index contributed by atoms with van der Waals surface area (Å²) in [5.74, 6) is -1.02. The van der Waals surface area contributed by atoms with E-state index in [-0.39, 0.29) is 17.2 Å². The first kappa shape index (κ1) is 14.3. The molecule has 7 heteroatoms. The number of carboxylic acid groups (broad SMARTS) is 1. The van der Waals surface area contributed by atoms with E-state index in [9.17, 15) is 14.7 Å². The van der Waals surface area contributed by atoms with Crippen molar-refractivity contribution in [3.63, 3.8) is 0 Å². The van der Waals surface area contributed by atoms with Gasteiger partial charge in [-0.3, -0.25) is 4.79 Å². The van der Waals surface area contributed by atoms with Crippen LogP contribution in [0.3, 0.4) is 0 Å². The van der Waals surface area contributed by atoms with Crippen molar-refractivity contribution in [3.05, 3.63) is 51.0 Å². The van der Waals surface area contributed by atoms with Gasteiger partial charge < -0.3 is 9.67 Å². The van der Waals surface area contributed by atoms with Gasteiger partial charge in [-0.15, -0.1) is 0 Å². The van der Waals surface area contributed by atoms with Crippen LogP contribution in [0.1, 0.15) is 29.2 Å². The van der Waals surface area contributed by atoms with Gasteiger partial charge in [-0.2, -0.15) is 0 Å². The Morgan fingerprint density at radius 1 is 1.43 bits per heavy atom. The molecule has 0 aliphatic heterocycles. The Bertz CT molecular complexity index is 771. The Morgan fingerprint density at radius 3 is 2.86 bits per heavy atom. The van der Waals surface area contributed by atoms with Crippen LogP contribution in [0.25, 0.3) is 0 Å². The van der Waals surface area contributed by atoms with Gasteiger partial charge in [0.25, 0.3) is 5.56 Å². The highest BCUT2D eigenvalue weighted by Gasteiger charge is 2.25. The summed E-state index contributed by atoms with van der Waals surface area (Å²) in [7, 11) is 0. The molecule has 1 aromatic carbocycles. The Balaban J connectivity index is 2.01. The summed E-state index contributed by atoms with van der Waals surface area (Å²) in [6.45, 7) is 0. The van der Waals surface area contributed by atoms with Gasteiger partial charge in [0.1, 0.15) is 0 Å². The first-order chi connectivity index (χ1) is 10.1. The van der Waals surface area contributed by atoms with Crippen molar-refractivity contribution in [3.8, 4) is 0 Å². The number of carboxylic acids is 1. The highest BCUT2D eigenvalue weighted by Crippen LogP contribution is 2.34. The largest absolute Gasteiger partial charge is 0.478 e. The second-order valence-electron chi connectivity index (χ2n) is 4.72. The molecule has 1 aliphatic carbocycles. The lowest BCUT2D eigenvalue weighted by Gasteiger charge is -2.08. The van der Waals surface area contributed by atoms with Crippen molar-refractivity contribution in [1.82, 2.24) is 9.55 Å². The molecule has 1 fully saturated rings. The number of halogens is 1. The average Bonchev–Trinajstić information content (AvgIpc) is 3.25. The molecular formula is C14H11BrN2O3S. The summed E-state index contributed by atoms with van der Waals surface area (Å²) < 4.78 is 2.43. The van der Waals surface area contributed by atoms with E-state index >= 15 is 0 Å². The van der Waals surface area contributed by atoms with Gasteiger partial charge in [-0.25, -0.2) is 9.78 Å². The summed E-state index contributed by atoms with van der Waals surface area (Å²) in [5.41, 5.74) is -0.00691. The molecule has 0 amide bonds. The van der Waals surface area contributed by atoms with Gasteiger partial charge in [0.15, 0.2) is 5.03 Å². The third-order valence-corrected chi connectivity index (χ3v) is 4.68. The molecule has 0 saturated heterocycles. The van der Waals surface area contributed by atoms with Crippen LogP contribution < -0.4 is 5.56 Å². The Hall–Kier alpha value is -1.60. The van der Waals surface area contributed by atoms with Crippen LogP contribution in [0.5, 0.6) is 0 Å². The quantitative estimate of drug-likeness (QED) is 0.899. The third kappa shape index (κ3) is 3.03. The molecule has 1 heterocycles. The van der Waals surface area contributed by atoms with Gasteiger partial charge in [0.2, 0.25) is 0 Å². The van der Waals surface area contributed by atoms with Crippen molar-refractivity contribution in [1.29, 1.82) is 0 Å². The number of rotatable bonds is 4. The van der Waals surface area contributed by atoms with E-state index in [0.717, 1.165) is 29.1 Å². The first-order valence-electron chi connectivity index (χ1n) is 6.34. The van der Waals surface area contributed by atoms with Crippen molar-refractivity contribution < 1.29 is 9.90 Å². The lowest BCUT2D eigenvalue weighted by Crippen LogP contribution is -2.21. The summed E-state index contributed by atoms with van der Waals surface area (Å²) in [5, 5.41) is 9.52. The Morgan fingerprint density at radius 2 is 2.19 bits per heavy atom. The molecule has 2 aromatic rings. The number of nitrogens with zero attached hydrogens (tertiary/aromatic N) is 2. The van der Waals surface area contributed by atoms with E-state index in [4.69, 9.17) is 0 Å². The minimum absolute atomic E-state index is 0.159. The fourth-order valence-corrected chi connectivity index (χ4v) is 3.46. The minimum atomic E-state index is -1.02. The molecule has 108 valence electrons. The molecule has 1 saturated carbocycles. The van der Waals surface area contributed by atoms with Crippen LogP contribution in [0.2, 0.25) is 0 Å². The first-order valence-corrected chi connectivity index (χ1v) is 7.95. The third-order valence-electron chi connectivity index (χ3n) is 3.16. The standard InChI is InChI=1S/C14H11BrN2O3S/c15-8-1-4-10(14(19)20)11(7-8)21-12-13(18)17(6-5-16-12)9-2-3-9/h1,4-7,9H,2-3H2,(H,19,20). The predicted molar refractivity (Wildman–Crippen MR) is 82.0 cm³/mol. The number of aromatic nitrogens is 2.